The van der Waals surface area contributed by atoms with Gasteiger partial charge in [0.15, 0.2) is 17.3 Å². The Labute approximate surface area is 174 Å². The maximum atomic E-state index is 5.45. The van der Waals surface area contributed by atoms with E-state index in [-0.39, 0.29) is 0 Å². The third-order valence-corrected chi connectivity index (χ3v) is 4.71. The van der Waals surface area contributed by atoms with E-state index in [2.05, 4.69) is 10.3 Å². The lowest BCUT2D eigenvalue weighted by Crippen LogP contribution is -2.05. The molecule has 0 aliphatic rings. The second-order valence-electron chi connectivity index (χ2n) is 6.54. The standard InChI is InChI=1S/C23H22N4O3/c1-28-19-11-15(12-20(29-2)21(19)30-3)13-25-23-17-8-4-5-9-18(17)26-22(27-23)16-7-6-10-24-14-16/h4-12,14H,13H2,1-3H3,(H,25,26,27). The lowest BCUT2D eigenvalue weighted by Gasteiger charge is -2.15. The minimum absolute atomic E-state index is 0.518. The summed E-state index contributed by atoms with van der Waals surface area (Å²) < 4.78 is 16.3. The molecule has 2 aromatic carbocycles. The van der Waals surface area contributed by atoms with Crippen molar-refractivity contribution in [3.8, 4) is 28.6 Å². The summed E-state index contributed by atoms with van der Waals surface area (Å²) in [6, 6.07) is 15.6. The first-order valence-electron chi connectivity index (χ1n) is 9.43. The van der Waals surface area contributed by atoms with Crippen LogP contribution in [-0.4, -0.2) is 36.3 Å². The number of methoxy groups -OCH3 is 3. The first kappa shape index (κ1) is 19.4. The van der Waals surface area contributed by atoms with Gasteiger partial charge >= 0.3 is 0 Å². The Morgan fingerprint density at radius 1 is 0.867 bits per heavy atom. The normalized spacial score (nSPS) is 10.6. The molecule has 30 heavy (non-hydrogen) atoms. The average molecular weight is 402 g/mol. The highest BCUT2D eigenvalue weighted by Crippen LogP contribution is 2.38. The molecule has 0 amide bonds. The minimum atomic E-state index is 0.518. The van der Waals surface area contributed by atoms with Gasteiger partial charge in [-0.3, -0.25) is 4.98 Å². The van der Waals surface area contributed by atoms with Gasteiger partial charge in [-0.15, -0.1) is 0 Å². The summed E-state index contributed by atoms with van der Waals surface area (Å²) >= 11 is 0. The molecule has 0 unspecified atom stereocenters. The predicted molar refractivity (Wildman–Crippen MR) is 116 cm³/mol. The zero-order chi connectivity index (χ0) is 20.9. The van der Waals surface area contributed by atoms with Crippen molar-refractivity contribution in [1.82, 2.24) is 15.0 Å². The number of para-hydroxylation sites is 1. The molecule has 4 rings (SSSR count). The minimum Gasteiger partial charge on any atom is -0.493 e. The van der Waals surface area contributed by atoms with E-state index in [1.165, 1.54) is 0 Å². The molecule has 0 spiro atoms. The van der Waals surface area contributed by atoms with E-state index in [0.29, 0.717) is 29.6 Å². The van der Waals surface area contributed by atoms with Gasteiger partial charge in [0.1, 0.15) is 5.82 Å². The second kappa shape index (κ2) is 8.65. The highest BCUT2D eigenvalue weighted by Gasteiger charge is 2.14. The zero-order valence-corrected chi connectivity index (χ0v) is 17.0. The molecule has 2 heterocycles. The van der Waals surface area contributed by atoms with Crippen LogP contribution < -0.4 is 19.5 Å². The van der Waals surface area contributed by atoms with Crippen LogP contribution in [0, 0.1) is 0 Å². The number of rotatable bonds is 7. The molecule has 1 N–H and O–H groups in total. The second-order valence-corrected chi connectivity index (χ2v) is 6.54. The maximum absolute atomic E-state index is 5.45. The molecule has 4 aromatic rings. The quantitative estimate of drug-likeness (QED) is 0.493. The SMILES string of the molecule is COc1cc(CNc2nc(-c3cccnc3)nc3ccccc23)cc(OC)c1OC. The summed E-state index contributed by atoms with van der Waals surface area (Å²) in [7, 11) is 4.80. The molecule has 0 atom stereocenters. The molecular formula is C23H22N4O3. The van der Waals surface area contributed by atoms with E-state index in [4.69, 9.17) is 24.2 Å². The van der Waals surface area contributed by atoms with Crippen molar-refractivity contribution < 1.29 is 14.2 Å². The fourth-order valence-electron chi connectivity index (χ4n) is 3.26. The Morgan fingerprint density at radius 3 is 2.30 bits per heavy atom. The van der Waals surface area contributed by atoms with E-state index in [9.17, 15) is 0 Å². The first-order valence-corrected chi connectivity index (χ1v) is 9.43. The number of aromatic nitrogens is 3. The van der Waals surface area contributed by atoms with Gasteiger partial charge < -0.3 is 19.5 Å². The Morgan fingerprint density at radius 2 is 1.63 bits per heavy atom. The average Bonchev–Trinajstić information content (AvgIpc) is 2.82. The van der Waals surface area contributed by atoms with Crippen LogP contribution in [0.5, 0.6) is 17.2 Å². The molecule has 0 aliphatic carbocycles. The Kier molecular flexibility index (Phi) is 5.61. The zero-order valence-electron chi connectivity index (χ0n) is 17.0. The van der Waals surface area contributed by atoms with Gasteiger partial charge in [-0.1, -0.05) is 12.1 Å². The van der Waals surface area contributed by atoms with Crippen molar-refractivity contribution in [2.75, 3.05) is 26.6 Å². The third kappa shape index (κ3) is 3.82. The van der Waals surface area contributed by atoms with Crippen LogP contribution >= 0.6 is 0 Å². The first-order chi connectivity index (χ1) is 14.7. The van der Waals surface area contributed by atoms with Crippen molar-refractivity contribution in [3.63, 3.8) is 0 Å². The summed E-state index contributed by atoms with van der Waals surface area (Å²) in [5.74, 6) is 3.15. The number of nitrogens with zero attached hydrogens (tertiary/aromatic N) is 3. The van der Waals surface area contributed by atoms with Crippen molar-refractivity contribution in [2.24, 2.45) is 0 Å². The van der Waals surface area contributed by atoms with Crippen LogP contribution in [0.1, 0.15) is 5.56 Å². The Hall–Kier alpha value is -3.87. The number of pyridine rings is 1. The number of hydrogen-bond donors (Lipinski definition) is 1. The van der Waals surface area contributed by atoms with Crippen LogP contribution in [0.15, 0.2) is 60.9 Å². The van der Waals surface area contributed by atoms with Gasteiger partial charge in [0.2, 0.25) is 5.75 Å². The van der Waals surface area contributed by atoms with Crippen LogP contribution in [-0.2, 0) is 6.54 Å². The van der Waals surface area contributed by atoms with Crippen LogP contribution in [0.2, 0.25) is 0 Å². The summed E-state index contributed by atoms with van der Waals surface area (Å²) in [4.78, 5) is 13.6. The van der Waals surface area contributed by atoms with E-state index in [0.717, 1.165) is 27.8 Å². The van der Waals surface area contributed by atoms with Gasteiger partial charge in [-0.25, -0.2) is 9.97 Å². The van der Waals surface area contributed by atoms with Crippen molar-refractivity contribution in [1.29, 1.82) is 0 Å². The molecule has 7 nitrogen and oxygen atoms in total. The number of fused-ring (bicyclic) bond motifs is 1. The summed E-state index contributed by atoms with van der Waals surface area (Å²) in [5, 5.41) is 4.37. The van der Waals surface area contributed by atoms with E-state index in [1.807, 2.05) is 48.5 Å². The van der Waals surface area contributed by atoms with Gasteiger partial charge in [0, 0.05) is 29.9 Å². The smallest absolute Gasteiger partial charge is 0.203 e. The van der Waals surface area contributed by atoms with Gasteiger partial charge in [-0.05, 0) is 42.0 Å². The van der Waals surface area contributed by atoms with Crippen LogP contribution in [0.25, 0.3) is 22.3 Å². The Balaban J connectivity index is 1.71. The molecule has 0 bridgehead atoms. The van der Waals surface area contributed by atoms with E-state index in [1.54, 1.807) is 33.7 Å². The predicted octanol–water partition coefficient (Wildman–Crippen LogP) is 4.33. The summed E-state index contributed by atoms with van der Waals surface area (Å²) in [5.41, 5.74) is 2.69. The van der Waals surface area contributed by atoms with Crippen molar-refractivity contribution >= 4 is 16.7 Å². The number of hydrogen-bond acceptors (Lipinski definition) is 7. The number of anilines is 1. The molecule has 2 aromatic heterocycles. The topological polar surface area (TPSA) is 78.4 Å². The fraction of sp³-hybridized carbons (Fsp3) is 0.174. The summed E-state index contributed by atoms with van der Waals surface area (Å²) in [6.45, 7) is 0.518. The van der Waals surface area contributed by atoms with Gasteiger partial charge in [-0.2, -0.15) is 0 Å². The molecular weight excluding hydrogens is 380 g/mol. The molecule has 0 fully saturated rings. The highest BCUT2D eigenvalue weighted by molar-refractivity contribution is 5.90. The number of benzene rings is 2. The fourth-order valence-corrected chi connectivity index (χ4v) is 3.26. The maximum Gasteiger partial charge on any atom is 0.203 e. The third-order valence-electron chi connectivity index (χ3n) is 4.71. The van der Waals surface area contributed by atoms with Gasteiger partial charge in [0.25, 0.3) is 0 Å². The van der Waals surface area contributed by atoms with Crippen LogP contribution in [0.3, 0.4) is 0 Å². The molecule has 0 aliphatic heterocycles. The lowest BCUT2D eigenvalue weighted by atomic mass is 10.1. The molecule has 0 saturated carbocycles. The van der Waals surface area contributed by atoms with Crippen LogP contribution in [0.4, 0.5) is 5.82 Å². The molecule has 7 heteroatoms. The molecule has 0 saturated heterocycles. The van der Waals surface area contributed by atoms with E-state index >= 15 is 0 Å². The highest BCUT2D eigenvalue weighted by atomic mass is 16.5. The largest absolute Gasteiger partial charge is 0.493 e. The van der Waals surface area contributed by atoms with Gasteiger partial charge in [0.05, 0.1) is 26.8 Å². The van der Waals surface area contributed by atoms with E-state index < -0.39 is 0 Å². The van der Waals surface area contributed by atoms with Crippen molar-refractivity contribution in [2.45, 2.75) is 6.54 Å². The number of ether oxygens (including phenoxy) is 3. The number of nitrogens with one attached hydrogen (secondary N) is 1. The lowest BCUT2D eigenvalue weighted by molar-refractivity contribution is 0.324. The summed E-state index contributed by atoms with van der Waals surface area (Å²) in [6.07, 6.45) is 3.49. The molecule has 152 valence electrons. The monoisotopic (exact) mass is 402 g/mol. The van der Waals surface area contributed by atoms with Crippen molar-refractivity contribution in [3.05, 3.63) is 66.5 Å². The molecule has 0 radical (unpaired) electrons. The Bertz CT molecular complexity index is 1140.